The van der Waals surface area contributed by atoms with Crippen LogP contribution in [0.15, 0.2) is 18.2 Å². The second-order valence-corrected chi connectivity index (χ2v) is 1.50. The Morgan fingerprint density at radius 1 is 1.67 bits per heavy atom. The van der Waals surface area contributed by atoms with Crippen LogP contribution in [0, 0.1) is 13.0 Å². The molecule has 0 atom stereocenters. The van der Waals surface area contributed by atoms with E-state index in [-0.39, 0.29) is 26.2 Å². The van der Waals surface area contributed by atoms with Crippen LogP contribution in [0.25, 0.3) is 0 Å². The molecule has 1 aliphatic rings. The van der Waals surface area contributed by atoms with Crippen molar-refractivity contribution in [2.24, 2.45) is 0 Å². The Kier molecular flexibility index (Phi) is 15.0. The topological polar surface area (TPSA) is 0 Å². The van der Waals surface area contributed by atoms with Crippen molar-refractivity contribution >= 4 is 0 Å². The van der Waals surface area contributed by atoms with E-state index in [2.05, 4.69) is 19.1 Å². The molecule has 9 heavy (non-hydrogen) atoms. The van der Waals surface area contributed by atoms with Crippen molar-refractivity contribution in [1.82, 2.24) is 0 Å². The third kappa shape index (κ3) is 11.8. The minimum absolute atomic E-state index is 0. The fraction of sp³-hybridized carbons (Fsp3) is 0.375. The molecule has 0 fully saturated rings. The summed E-state index contributed by atoms with van der Waals surface area (Å²) in [4.78, 5) is 0. The van der Waals surface area contributed by atoms with Crippen molar-refractivity contribution in [3.8, 4) is 0 Å². The van der Waals surface area contributed by atoms with Gasteiger partial charge in [0.25, 0.3) is 0 Å². The largest absolute Gasteiger partial charge is 2.00 e. The second kappa shape index (κ2) is 11.2. The average Bonchev–Trinajstić information content (AvgIpc) is 2.17. The van der Waals surface area contributed by atoms with E-state index in [0.29, 0.717) is 0 Å². The predicted octanol–water partition coefficient (Wildman–Crippen LogP) is 2.53. The van der Waals surface area contributed by atoms with Crippen LogP contribution in [-0.2, 0) is 26.2 Å². The molecule has 0 aromatic rings. The summed E-state index contributed by atoms with van der Waals surface area (Å²) in [5.74, 6) is 0. The van der Waals surface area contributed by atoms with Gasteiger partial charge in [0, 0.05) is 0 Å². The average molecular weight is 199 g/mol. The zero-order chi connectivity index (χ0) is 6.24. The summed E-state index contributed by atoms with van der Waals surface area (Å²) in [6.45, 7) is 5.50. The van der Waals surface area contributed by atoms with E-state index in [1.54, 1.807) is 0 Å². The predicted molar refractivity (Wildman–Crippen MR) is 37.2 cm³/mol. The molecule has 1 aliphatic carbocycles. The van der Waals surface area contributed by atoms with Crippen LogP contribution < -0.4 is 0 Å². The molecule has 1 heteroatoms. The Balaban J connectivity index is 0. The van der Waals surface area contributed by atoms with Gasteiger partial charge in [-0.3, -0.25) is 6.08 Å². The molecule has 0 saturated heterocycles. The van der Waals surface area contributed by atoms with Gasteiger partial charge in [-0.1, -0.05) is 6.92 Å². The minimum Gasteiger partial charge on any atom is -0.344 e. The smallest absolute Gasteiger partial charge is 0.344 e. The van der Waals surface area contributed by atoms with Crippen LogP contribution in [-0.4, -0.2) is 0 Å². The number of hydrogen-bond acceptors (Lipinski definition) is 0. The van der Waals surface area contributed by atoms with Crippen molar-refractivity contribution < 1.29 is 26.2 Å². The van der Waals surface area contributed by atoms with E-state index in [9.17, 15) is 0 Å². The Hall–Kier alpha value is 0.363. The third-order valence-corrected chi connectivity index (χ3v) is 0.586. The molecule has 0 nitrogen and oxygen atoms in total. The number of rotatable bonds is 0. The first kappa shape index (κ1) is 12.1. The quantitative estimate of drug-likeness (QED) is 0.526. The second-order valence-electron chi connectivity index (χ2n) is 1.50. The maximum Gasteiger partial charge on any atom is 2.00 e. The van der Waals surface area contributed by atoms with Gasteiger partial charge in [-0.25, -0.2) is 12.2 Å². The summed E-state index contributed by atoms with van der Waals surface area (Å²) in [7, 11) is 0. The maximum absolute atomic E-state index is 3.49. The van der Waals surface area contributed by atoms with Crippen LogP contribution in [0.1, 0.15) is 19.8 Å². The molecule has 48 valence electrons. The molecule has 0 aliphatic heterocycles. The normalized spacial score (nSPS) is 11.8. The van der Waals surface area contributed by atoms with E-state index in [1.165, 1.54) is 0 Å². The first-order chi connectivity index (χ1) is 3.91. The van der Waals surface area contributed by atoms with Gasteiger partial charge in [-0.2, -0.15) is 12.5 Å². The maximum atomic E-state index is 3.49. The summed E-state index contributed by atoms with van der Waals surface area (Å²) in [5.41, 5.74) is 0. The molecule has 0 radical (unpaired) electrons. The van der Waals surface area contributed by atoms with Gasteiger partial charge in [0.2, 0.25) is 0 Å². The molecule has 0 unspecified atom stereocenters. The molecule has 0 heterocycles. The minimum atomic E-state index is 0. The van der Waals surface area contributed by atoms with Crippen LogP contribution >= 0.6 is 0 Å². The molecule has 0 saturated carbocycles. The van der Waals surface area contributed by atoms with E-state index in [0.717, 1.165) is 12.8 Å². The van der Waals surface area contributed by atoms with Gasteiger partial charge in [0.1, 0.15) is 0 Å². The van der Waals surface area contributed by atoms with Crippen molar-refractivity contribution in [2.45, 2.75) is 19.8 Å². The summed E-state index contributed by atoms with van der Waals surface area (Å²) in [5, 5.41) is 0. The number of allylic oxidation sites excluding steroid dienone is 4. The standard InChI is InChI=1S/C5H5.C3H7.Zr/c1-2-4-5-3-1;1-3-2;/h1-3H,4H2;1,3H2,2H3;/q2*-1;+2. The van der Waals surface area contributed by atoms with E-state index < -0.39 is 0 Å². The van der Waals surface area contributed by atoms with E-state index >= 15 is 0 Å². The van der Waals surface area contributed by atoms with Gasteiger partial charge in [0.15, 0.2) is 0 Å². The SMILES string of the molecule is [C-]1=CC=CC1.[CH2-]CC.[Zr+2]. The van der Waals surface area contributed by atoms with Crippen LogP contribution in [0.5, 0.6) is 0 Å². The van der Waals surface area contributed by atoms with Gasteiger partial charge in [-0.15, -0.1) is 6.42 Å². The van der Waals surface area contributed by atoms with Crippen molar-refractivity contribution in [3.63, 3.8) is 0 Å². The van der Waals surface area contributed by atoms with E-state index in [1.807, 2.05) is 19.1 Å². The van der Waals surface area contributed by atoms with Crippen molar-refractivity contribution in [1.29, 1.82) is 0 Å². The Labute approximate surface area is 77.2 Å². The van der Waals surface area contributed by atoms with Crippen LogP contribution in [0.2, 0.25) is 0 Å². The molecule has 0 bridgehead atoms. The van der Waals surface area contributed by atoms with Gasteiger partial charge in [-0.05, 0) is 0 Å². The first-order valence-electron chi connectivity index (χ1n) is 2.92. The van der Waals surface area contributed by atoms with Crippen LogP contribution in [0.4, 0.5) is 0 Å². The zero-order valence-electron chi connectivity index (χ0n) is 5.85. The fourth-order valence-electron chi connectivity index (χ4n) is 0.340. The molecule has 0 spiro atoms. The molecule has 0 aromatic carbocycles. The fourth-order valence-corrected chi connectivity index (χ4v) is 0.340. The monoisotopic (exact) mass is 198 g/mol. The van der Waals surface area contributed by atoms with Gasteiger partial charge < -0.3 is 6.92 Å². The Bertz CT molecular complexity index is 72.6. The molecule has 1 rings (SSSR count). The summed E-state index contributed by atoms with van der Waals surface area (Å²) < 4.78 is 0. The molecular formula is C8H12Zr. The first-order valence-corrected chi connectivity index (χ1v) is 2.92. The summed E-state index contributed by atoms with van der Waals surface area (Å²) in [6, 6.07) is 0. The summed E-state index contributed by atoms with van der Waals surface area (Å²) >= 11 is 0. The van der Waals surface area contributed by atoms with Crippen LogP contribution in [0.3, 0.4) is 0 Å². The summed E-state index contributed by atoms with van der Waals surface area (Å²) in [6.07, 6.45) is 11.0. The number of hydrogen-bond donors (Lipinski definition) is 0. The van der Waals surface area contributed by atoms with Crippen molar-refractivity contribution in [3.05, 3.63) is 31.2 Å². The van der Waals surface area contributed by atoms with Gasteiger partial charge in [0.05, 0.1) is 0 Å². The van der Waals surface area contributed by atoms with Gasteiger partial charge >= 0.3 is 26.2 Å². The van der Waals surface area contributed by atoms with Crippen molar-refractivity contribution in [2.75, 3.05) is 0 Å². The third-order valence-electron chi connectivity index (χ3n) is 0.586. The Morgan fingerprint density at radius 3 is 2.33 bits per heavy atom. The molecular weight excluding hydrogens is 187 g/mol. The molecule has 0 aromatic heterocycles. The molecule has 0 amide bonds. The zero-order valence-corrected chi connectivity index (χ0v) is 8.31. The van der Waals surface area contributed by atoms with E-state index in [4.69, 9.17) is 0 Å². The Morgan fingerprint density at radius 2 is 2.22 bits per heavy atom. The molecule has 0 N–H and O–H groups in total.